The third-order valence-corrected chi connectivity index (χ3v) is 4.53. The van der Waals surface area contributed by atoms with E-state index in [1.54, 1.807) is 0 Å². The first-order valence-corrected chi connectivity index (χ1v) is 8.22. The Morgan fingerprint density at radius 2 is 2.04 bits per heavy atom. The first kappa shape index (κ1) is 18.2. The number of nitrogens with zero attached hydrogens (tertiary/aromatic N) is 2. The fourth-order valence-corrected chi connectivity index (χ4v) is 3.30. The van der Waals surface area contributed by atoms with E-state index in [2.05, 4.69) is 0 Å². The lowest BCUT2D eigenvalue weighted by Crippen LogP contribution is -2.48. The van der Waals surface area contributed by atoms with Gasteiger partial charge in [0, 0.05) is 32.1 Å². The highest BCUT2D eigenvalue weighted by Crippen LogP contribution is 2.29. The van der Waals surface area contributed by atoms with Crippen molar-refractivity contribution in [2.75, 3.05) is 31.1 Å². The van der Waals surface area contributed by atoms with Crippen molar-refractivity contribution >= 4 is 23.5 Å². The number of ether oxygens (including phenoxy) is 1. The van der Waals surface area contributed by atoms with Gasteiger partial charge in [0.25, 0.3) is 0 Å². The molecule has 1 aromatic rings. The molecule has 2 heterocycles. The molecule has 2 aliphatic heterocycles. The summed E-state index contributed by atoms with van der Waals surface area (Å²) in [6.07, 6.45) is -0.871. The van der Waals surface area contributed by atoms with Crippen molar-refractivity contribution in [1.82, 2.24) is 4.90 Å². The molecule has 0 saturated carbocycles. The van der Waals surface area contributed by atoms with Gasteiger partial charge in [-0.1, -0.05) is 0 Å². The molecular formula is C17H18F2N2O5. The van der Waals surface area contributed by atoms with Crippen molar-refractivity contribution in [3.63, 3.8) is 0 Å². The predicted molar refractivity (Wildman–Crippen MR) is 85.4 cm³/mol. The van der Waals surface area contributed by atoms with Crippen molar-refractivity contribution in [1.29, 1.82) is 0 Å². The second-order valence-corrected chi connectivity index (χ2v) is 6.38. The Balaban J connectivity index is 1.68. The van der Waals surface area contributed by atoms with Crippen molar-refractivity contribution in [3.05, 3.63) is 29.8 Å². The lowest BCUT2D eigenvalue weighted by molar-refractivity contribution is -0.149. The number of amides is 2. The molecular weight excluding hydrogens is 350 g/mol. The summed E-state index contributed by atoms with van der Waals surface area (Å²) in [5.74, 6) is -3.98. The number of hydrogen-bond acceptors (Lipinski definition) is 4. The SMILES string of the molecule is O=C(O)C[C@@H]1CN(C(=O)[C@@H]2CC(=O)N(c3ccc(F)cc3F)C2)CCO1. The van der Waals surface area contributed by atoms with Crippen LogP contribution in [0.15, 0.2) is 18.2 Å². The Labute approximate surface area is 148 Å². The Morgan fingerprint density at radius 3 is 2.73 bits per heavy atom. The van der Waals surface area contributed by atoms with Crippen LogP contribution in [0.2, 0.25) is 0 Å². The van der Waals surface area contributed by atoms with Gasteiger partial charge in [0.15, 0.2) is 0 Å². The molecule has 1 aromatic carbocycles. The highest BCUT2D eigenvalue weighted by Gasteiger charge is 2.39. The topological polar surface area (TPSA) is 87.2 Å². The minimum Gasteiger partial charge on any atom is -0.481 e. The van der Waals surface area contributed by atoms with Gasteiger partial charge >= 0.3 is 5.97 Å². The minimum atomic E-state index is -1.02. The number of halogens is 2. The summed E-state index contributed by atoms with van der Waals surface area (Å²) in [6, 6.07) is 2.92. The summed E-state index contributed by atoms with van der Waals surface area (Å²) in [5.41, 5.74) is -0.0579. The number of morpholine rings is 1. The maximum absolute atomic E-state index is 13.9. The molecule has 2 atom stereocenters. The molecule has 0 bridgehead atoms. The average molecular weight is 368 g/mol. The van der Waals surface area contributed by atoms with E-state index in [4.69, 9.17) is 9.84 Å². The fourth-order valence-electron chi connectivity index (χ4n) is 3.30. The average Bonchev–Trinajstić information content (AvgIpc) is 2.95. The van der Waals surface area contributed by atoms with E-state index in [0.717, 1.165) is 11.0 Å². The monoisotopic (exact) mass is 368 g/mol. The van der Waals surface area contributed by atoms with Crippen LogP contribution in [-0.2, 0) is 19.1 Å². The molecule has 9 heteroatoms. The van der Waals surface area contributed by atoms with E-state index in [1.165, 1.54) is 11.0 Å². The summed E-state index contributed by atoms with van der Waals surface area (Å²) >= 11 is 0. The summed E-state index contributed by atoms with van der Waals surface area (Å²) in [7, 11) is 0. The van der Waals surface area contributed by atoms with Crippen LogP contribution in [0.25, 0.3) is 0 Å². The second-order valence-electron chi connectivity index (χ2n) is 6.38. The van der Waals surface area contributed by atoms with Gasteiger partial charge in [0.05, 0.1) is 30.7 Å². The summed E-state index contributed by atoms with van der Waals surface area (Å²) in [6.45, 7) is 0.674. The largest absolute Gasteiger partial charge is 0.481 e. The van der Waals surface area contributed by atoms with Gasteiger partial charge in [-0.25, -0.2) is 8.78 Å². The molecule has 3 rings (SSSR count). The van der Waals surface area contributed by atoms with E-state index >= 15 is 0 Å². The smallest absolute Gasteiger partial charge is 0.306 e. The van der Waals surface area contributed by atoms with Crippen LogP contribution < -0.4 is 4.90 Å². The van der Waals surface area contributed by atoms with Crippen LogP contribution in [0.3, 0.4) is 0 Å². The fraction of sp³-hybridized carbons (Fsp3) is 0.471. The molecule has 2 saturated heterocycles. The first-order chi connectivity index (χ1) is 12.3. The lowest BCUT2D eigenvalue weighted by Gasteiger charge is -2.33. The zero-order valence-electron chi connectivity index (χ0n) is 13.9. The standard InChI is InChI=1S/C17H18F2N2O5/c18-11-1-2-14(13(19)6-11)21-8-10(5-15(21)22)17(25)20-3-4-26-12(9-20)7-16(23)24/h1-2,6,10,12H,3-5,7-9H2,(H,23,24)/t10-,12-/m1/s1. The van der Waals surface area contributed by atoms with Gasteiger partial charge in [-0.3, -0.25) is 14.4 Å². The maximum Gasteiger partial charge on any atom is 0.306 e. The highest BCUT2D eigenvalue weighted by molar-refractivity contribution is 6.00. The Morgan fingerprint density at radius 1 is 1.27 bits per heavy atom. The molecule has 140 valence electrons. The summed E-state index contributed by atoms with van der Waals surface area (Å²) < 4.78 is 32.3. The van der Waals surface area contributed by atoms with Crippen LogP contribution in [-0.4, -0.2) is 60.1 Å². The number of carboxylic acids is 1. The van der Waals surface area contributed by atoms with Crippen molar-refractivity contribution < 1.29 is 33.0 Å². The number of anilines is 1. The van der Waals surface area contributed by atoms with Crippen LogP contribution in [0, 0.1) is 17.6 Å². The predicted octanol–water partition coefficient (Wildman–Crippen LogP) is 1.02. The van der Waals surface area contributed by atoms with Gasteiger partial charge in [0.1, 0.15) is 11.6 Å². The molecule has 26 heavy (non-hydrogen) atoms. The summed E-state index contributed by atoms with van der Waals surface area (Å²) in [5, 5.41) is 8.85. The first-order valence-electron chi connectivity index (χ1n) is 8.22. The van der Waals surface area contributed by atoms with Crippen LogP contribution >= 0.6 is 0 Å². The number of rotatable bonds is 4. The molecule has 0 unspecified atom stereocenters. The Bertz CT molecular complexity index is 742. The number of aliphatic carboxylic acids is 1. The number of hydrogen-bond donors (Lipinski definition) is 1. The van der Waals surface area contributed by atoms with Gasteiger partial charge in [-0.2, -0.15) is 0 Å². The molecule has 0 aliphatic carbocycles. The van der Waals surface area contributed by atoms with Gasteiger partial charge in [0.2, 0.25) is 11.8 Å². The molecule has 0 spiro atoms. The van der Waals surface area contributed by atoms with Gasteiger partial charge < -0.3 is 19.6 Å². The van der Waals surface area contributed by atoms with E-state index < -0.39 is 35.5 Å². The van der Waals surface area contributed by atoms with E-state index in [9.17, 15) is 23.2 Å². The van der Waals surface area contributed by atoms with Crippen molar-refractivity contribution in [2.45, 2.75) is 18.9 Å². The molecule has 7 nitrogen and oxygen atoms in total. The number of carbonyl (C=O) groups is 3. The Hall–Kier alpha value is -2.55. The zero-order valence-corrected chi connectivity index (χ0v) is 13.9. The molecule has 2 aliphatic rings. The zero-order chi connectivity index (χ0) is 18.8. The number of carboxylic acid groups (broad SMARTS) is 1. The lowest BCUT2D eigenvalue weighted by atomic mass is 10.1. The van der Waals surface area contributed by atoms with Crippen LogP contribution in [0.5, 0.6) is 0 Å². The molecule has 2 amide bonds. The summed E-state index contributed by atoms with van der Waals surface area (Å²) in [4.78, 5) is 38.3. The van der Waals surface area contributed by atoms with E-state index in [1.807, 2.05) is 0 Å². The van der Waals surface area contributed by atoms with E-state index in [0.29, 0.717) is 12.6 Å². The number of benzene rings is 1. The quantitative estimate of drug-likeness (QED) is 0.858. The van der Waals surface area contributed by atoms with Gasteiger partial charge in [-0.15, -0.1) is 0 Å². The van der Waals surface area contributed by atoms with Crippen molar-refractivity contribution in [2.24, 2.45) is 5.92 Å². The third kappa shape index (κ3) is 3.82. The minimum absolute atomic E-state index is 0.00116. The van der Waals surface area contributed by atoms with Gasteiger partial charge in [-0.05, 0) is 12.1 Å². The number of carbonyl (C=O) groups excluding carboxylic acids is 2. The second kappa shape index (κ2) is 7.36. The molecule has 1 N–H and O–H groups in total. The highest BCUT2D eigenvalue weighted by atomic mass is 19.1. The third-order valence-electron chi connectivity index (χ3n) is 4.53. The molecule has 0 aromatic heterocycles. The van der Waals surface area contributed by atoms with Crippen LogP contribution in [0.1, 0.15) is 12.8 Å². The normalized spacial score (nSPS) is 23.4. The maximum atomic E-state index is 13.9. The van der Waals surface area contributed by atoms with E-state index in [-0.39, 0.29) is 44.1 Å². The molecule has 0 radical (unpaired) electrons. The van der Waals surface area contributed by atoms with Crippen molar-refractivity contribution in [3.8, 4) is 0 Å². The Kier molecular flexibility index (Phi) is 5.17. The molecule has 2 fully saturated rings. The van der Waals surface area contributed by atoms with Crippen LogP contribution in [0.4, 0.5) is 14.5 Å².